The van der Waals surface area contributed by atoms with Crippen molar-refractivity contribution in [3.05, 3.63) is 33.2 Å². The first kappa shape index (κ1) is 24.2. The Morgan fingerprint density at radius 3 is 2.67 bits per heavy atom. The summed E-state index contributed by atoms with van der Waals surface area (Å²) in [6.07, 6.45) is 4.54. The number of amides is 2. The van der Waals surface area contributed by atoms with Gasteiger partial charge in [0.05, 0.1) is 23.7 Å². The molecule has 2 heterocycles. The number of nitrogens with zero attached hydrogens (tertiary/aromatic N) is 2. The molecule has 5 N–H and O–H groups in total. The first-order valence-electron chi connectivity index (χ1n) is 11.1. The minimum Gasteiger partial charge on any atom is -0.383 e. The van der Waals surface area contributed by atoms with Crippen LogP contribution in [-0.4, -0.2) is 32.4 Å². The van der Waals surface area contributed by atoms with Gasteiger partial charge in [-0.05, 0) is 57.1 Å². The molecule has 33 heavy (non-hydrogen) atoms. The van der Waals surface area contributed by atoms with E-state index in [1.807, 2.05) is 0 Å². The van der Waals surface area contributed by atoms with Crippen LogP contribution in [0.15, 0.2) is 4.21 Å². The van der Waals surface area contributed by atoms with Gasteiger partial charge >= 0.3 is 6.03 Å². The second-order valence-electron chi connectivity index (χ2n) is 9.96. The molecule has 11 heteroatoms. The summed E-state index contributed by atoms with van der Waals surface area (Å²) in [5.74, 6) is 0. The number of thiol groups is 1. The van der Waals surface area contributed by atoms with Gasteiger partial charge in [-0.2, -0.15) is 0 Å². The number of carbonyl (C=O) groups excluding carboxylic acids is 1. The van der Waals surface area contributed by atoms with Gasteiger partial charge in [0.1, 0.15) is 14.8 Å². The summed E-state index contributed by atoms with van der Waals surface area (Å²) in [5.41, 5.74) is 4.05. The minimum absolute atomic E-state index is 0.0474. The Balaban J connectivity index is 1.63. The van der Waals surface area contributed by atoms with E-state index in [1.165, 1.54) is 7.11 Å². The molecule has 4 rings (SSSR count). The molecule has 0 saturated heterocycles. The van der Waals surface area contributed by atoms with Crippen LogP contribution in [0.1, 0.15) is 73.8 Å². The molecular formula is C22H33N5O4S2. The molecule has 2 amide bonds. The number of carbonyl (C=O) groups is 1. The lowest BCUT2D eigenvalue weighted by molar-refractivity contribution is 0.0776. The fourth-order valence-electron chi connectivity index (χ4n) is 4.57. The fraction of sp³-hybridized carbons (Fsp3) is 0.591. The highest BCUT2D eigenvalue weighted by molar-refractivity contribution is 8.01. The standard InChI is InChI=1S/C22H33N5O4S2/c1-21(2)10-9-13-16(12-7-6-8-14(12)24-17(13)21)26-20(28)27-33(23,30)18-15(11-31-5)25-19(32-18)22(3,4)29/h29,33H,6-11H2,1-5H3,(H4,23,24,26,27,28,30). The molecule has 9 nitrogen and oxygen atoms in total. The van der Waals surface area contributed by atoms with Crippen LogP contribution in [0.2, 0.25) is 0 Å². The van der Waals surface area contributed by atoms with Crippen LogP contribution in [-0.2, 0) is 51.9 Å². The number of aromatic nitrogens is 2. The SMILES string of the molecule is COCc1nc(C(C)(C)O)sc1[SH](N)(=O)NC(=O)Nc1c2c(nc3c1CCC3(C)C)CCC2. The van der Waals surface area contributed by atoms with Gasteiger partial charge in [-0.1, -0.05) is 13.8 Å². The van der Waals surface area contributed by atoms with Gasteiger partial charge < -0.3 is 15.2 Å². The average molecular weight is 496 g/mol. The summed E-state index contributed by atoms with van der Waals surface area (Å²) in [7, 11) is -2.35. The van der Waals surface area contributed by atoms with Crippen molar-refractivity contribution in [3.8, 4) is 0 Å². The third kappa shape index (κ3) is 4.57. The number of fused-ring (bicyclic) bond motifs is 2. The van der Waals surface area contributed by atoms with E-state index in [0.717, 1.165) is 71.6 Å². The number of anilines is 1. The van der Waals surface area contributed by atoms with E-state index in [9.17, 15) is 14.1 Å². The number of urea groups is 1. The Labute approximate surface area is 199 Å². The Morgan fingerprint density at radius 2 is 2.00 bits per heavy atom. The number of methoxy groups -OCH3 is 1. The van der Waals surface area contributed by atoms with Crippen LogP contribution in [0, 0.1) is 0 Å². The second kappa shape index (κ2) is 8.38. The van der Waals surface area contributed by atoms with Crippen molar-refractivity contribution in [2.24, 2.45) is 5.14 Å². The summed E-state index contributed by atoms with van der Waals surface area (Å²) in [6, 6.07) is -0.630. The lowest BCUT2D eigenvalue weighted by Crippen LogP contribution is -2.45. The van der Waals surface area contributed by atoms with E-state index in [1.54, 1.807) is 13.8 Å². The molecule has 2 aliphatic carbocycles. The molecule has 0 radical (unpaired) electrons. The molecule has 2 aromatic rings. The maximum Gasteiger partial charge on any atom is 0.330 e. The van der Waals surface area contributed by atoms with Crippen LogP contribution in [0.5, 0.6) is 0 Å². The minimum atomic E-state index is -3.83. The predicted molar refractivity (Wildman–Crippen MR) is 130 cm³/mol. The van der Waals surface area contributed by atoms with Gasteiger partial charge in [-0.15, -0.1) is 11.3 Å². The number of ether oxygens (including phenoxy) is 1. The zero-order valence-electron chi connectivity index (χ0n) is 19.7. The zero-order chi connectivity index (χ0) is 24.2. The van der Waals surface area contributed by atoms with Gasteiger partial charge in [0.25, 0.3) is 0 Å². The van der Waals surface area contributed by atoms with Crippen molar-refractivity contribution in [1.82, 2.24) is 14.7 Å². The molecule has 2 aliphatic rings. The maximum atomic E-state index is 13.4. The Kier molecular flexibility index (Phi) is 6.15. The van der Waals surface area contributed by atoms with Crippen molar-refractivity contribution in [2.45, 2.75) is 81.6 Å². The van der Waals surface area contributed by atoms with E-state index in [4.69, 9.17) is 14.9 Å². The molecule has 0 unspecified atom stereocenters. The molecule has 0 atom stereocenters. The van der Waals surface area contributed by atoms with E-state index in [-0.39, 0.29) is 16.2 Å². The number of nitrogens with two attached hydrogens (primary N) is 1. The van der Waals surface area contributed by atoms with Crippen molar-refractivity contribution < 1.29 is 18.8 Å². The van der Waals surface area contributed by atoms with E-state index >= 15 is 0 Å². The number of thiazole rings is 1. The summed E-state index contributed by atoms with van der Waals surface area (Å²) in [4.78, 5) is 22.3. The number of pyridine rings is 1. The topological polar surface area (TPSA) is 139 Å². The molecular weight excluding hydrogens is 462 g/mol. The first-order valence-corrected chi connectivity index (χ1v) is 13.7. The molecule has 0 bridgehead atoms. The fourth-order valence-corrected chi connectivity index (χ4v) is 7.28. The van der Waals surface area contributed by atoms with Crippen LogP contribution in [0.4, 0.5) is 10.5 Å². The van der Waals surface area contributed by atoms with Crippen LogP contribution < -0.4 is 15.2 Å². The van der Waals surface area contributed by atoms with Crippen molar-refractivity contribution in [1.29, 1.82) is 0 Å². The van der Waals surface area contributed by atoms with Crippen molar-refractivity contribution >= 4 is 33.4 Å². The van der Waals surface area contributed by atoms with Crippen LogP contribution in [0.25, 0.3) is 0 Å². The van der Waals surface area contributed by atoms with Gasteiger partial charge in [-0.3, -0.25) is 14.8 Å². The van der Waals surface area contributed by atoms with E-state index in [2.05, 4.69) is 28.9 Å². The summed E-state index contributed by atoms with van der Waals surface area (Å²) in [5, 5.41) is 19.8. The Bertz CT molecular complexity index is 1150. The van der Waals surface area contributed by atoms with Gasteiger partial charge in [0, 0.05) is 28.5 Å². The third-order valence-corrected chi connectivity index (χ3v) is 9.95. The number of nitrogens with one attached hydrogen (secondary N) is 2. The van der Waals surface area contributed by atoms with E-state index in [0.29, 0.717) is 10.7 Å². The molecule has 0 spiro atoms. The largest absolute Gasteiger partial charge is 0.383 e. The van der Waals surface area contributed by atoms with Gasteiger partial charge in [-0.25, -0.2) is 14.0 Å². The molecule has 0 aliphatic heterocycles. The van der Waals surface area contributed by atoms with Crippen LogP contribution >= 0.6 is 11.3 Å². The maximum absolute atomic E-state index is 13.4. The number of aliphatic hydroxyl groups is 1. The highest BCUT2D eigenvalue weighted by Gasteiger charge is 2.37. The number of aryl methyl sites for hydroxylation is 1. The van der Waals surface area contributed by atoms with Crippen molar-refractivity contribution in [3.63, 3.8) is 0 Å². The smallest absolute Gasteiger partial charge is 0.330 e. The highest BCUT2D eigenvalue weighted by atomic mass is 32.3. The predicted octanol–water partition coefficient (Wildman–Crippen LogP) is 2.61. The Morgan fingerprint density at radius 1 is 1.27 bits per heavy atom. The van der Waals surface area contributed by atoms with Crippen LogP contribution in [0.3, 0.4) is 0 Å². The molecule has 182 valence electrons. The van der Waals surface area contributed by atoms with E-state index < -0.39 is 21.9 Å². The number of hydrogen-bond donors (Lipinski definition) is 5. The molecule has 0 aromatic carbocycles. The Hall–Kier alpha value is -1.92. The normalized spacial score (nSPS) is 17.5. The number of rotatable bonds is 6. The lowest BCUT2D eigenvalue weighted by atomic mass is 9.90. The number of hydrogen-bond acceptors (Lipinski definition) is 7. The third-order valence-electron chi connectivity index (χ3n) is 6.25. The lowest BCUT2D eigenvalue weighted by Gasteiger charge is -2.23. The zero-order valence-corrected chi connectivity index (χ0v) is 21.5. The van der Waals surface area contributed by atoms with Crippen molar-refractivity contribution in [2.75, 3.05) is 12.4 Å². The molecule has 0 saturated carbocycles. The monoisotopic (exact) mass is 495 g/mol. The molecule has 0 fully saturated rings. The molecule has 2 aromatic heterocycles. The average Bonchev–Trinajstić information content (AvgIpc) is 3.39. The summed E-state index contributed by atoms with van der Waals surface area (Å²) < 4.78 is 21.3. The summed E-state index contributed by atoms with van der Waals surface area (Å²) in [6.45, 7) is 7.57. The highest BCUT2D eigenvalue weighted by Crippen LogP contribution is 2.44. The van der Waals surface area contributed by atoms with Gasteiger partial charge in [0.2, 0.25) is 0 Å². The quantitative estimate of drug-likeness (QED) is 0.390. The second-order valence-corrected chi connectivity index (χ2v) is 13.3. The first-order chi connectivity index (χ1) is 15.3. The summed E-state index contributed by atoms with van der Waals surface area (Å²) >= 11 is 1.02. The van der Waals surface area contributed by atoms with Gasteiger partial charge in [0.15, 0.2) is 0 Å².